The topological polar surface area (TPSA) is 156 Å². The van der Waals surface area contributed by atoms with Crippen LogP contribution < -0.4 is 16.4 Å². The predicted molar refractivity (Wildman–Crippen MR) is 162 cm³/mol. The minimum atomic E-state index is -3.63. The van der Waals surface area contributed by atoms with Crippen molar-refractivity contribution in [1.29, 1.82) is 0 Å². The van der Waals surface area contributed by atoms with Gasteiger partial charge in [-0.2, -0.15) is 0 Å². The molecule has 1 spiro atoms. The van der Waals surface area contributed by atoms with E-state index in [4.69, 9.17) is 5.73 Å². The molecule has 10 nitrogen and oxygen atoms in total. The first-order valence-electron chi connectivity index (χ1n) is 15.2. The smallest absolute Gasteiger partial charge is 0.242 e. The SMILES string of the molecule is CC1(C)[C@@H]2CC[C@@]1(CS(=O)(=O)N1CCC3(CCc4ccccc43)CC1)[C@@H](NC(=O)[C@H](CCS(C)(=O)=O)NC(=O)CN)C2. The maximum atomic E-state index is 14.1. The van der Waals surface area contributed by atoms with Crippen LogP contribution in [0, 0.1) is 16.7 Å². The standard InChI is InChI=1S/C30H46N4O6S2/c1-28(2)22-9-12-30(28,25(18-22)33-27(36)24(32-26(35)19-31)10-17-41(3,37)38)20-42(39,40)34-15-13-29(14-16-34)11-8-21-6-4-5-7-23(21)29/h4-7,22,24-25H,8-20,31H2,1-3H3,(H,32,35)(H,33,36)/t22-,24+,25+,30-/m1/s1. The van der Waals surface area contributed by atoms with E-state index >= 15 is 0 Å². The van der Waals surface area contributed by atoms with Gasteiger partial charge in [-0.15, -0.1) is 0 Å². The Morgan fingerprint density at radius 3 is 2.40 bits per heavy atom. The van der Waals surface area contributed by atoms with Crippen molar-refractivity contribution in [3.05, 3.63) is 35.4 Å². The third-order valence-corrected chi connectivity index (χ3v) is 14.3. The number of fused-ring (bicyclic) bond motifs is 4. The summed E-state index contributed by atoms with van der Waals surface area (Å²) in [6.45, 7) is 4.89. The lowest BCUT2D eigenvalue weighted by molar-refractivity contribution is -0.129. The molecule has 5 rings (SSSR count). The molecule has 1 aromatic carbocycles. The summed E-state index contributed by atoms with van der Waals surface area (Å²) in [4.78, 5) is 25.5. The van der Waals surface area contributed by atoms with Crippen molar-refractivity contribution in [3.63, 3.8) is 0 Å². The van der Waals surface area contributed by atoms with Gasteiger partial charge in [0, 0.05) is 30.8 Å². The maximum Gasteiger partial charge on any atom is 0.242 e. The van der Waals surface area contributed by atoms with E-state index in [0.717, 1.165) is 38.4 Å². The molecule has 1 heterocycles. The number of nitrogens with two attached hydrogens (primary N) is 1. The van der Waals surface area contributed by atoms with Crippen LogP contribution >= 0.6 is 0 Å². The molecule has 1 aromatic rings. The van der Waals surface area contributed by atoms with Gasteiger partial charge in [0.25, 0.3) is 0 Å². The third-order valence-electron chi connectivity index (χ3n) is 11.3. The third kappa shape index (κ3) is 5.64. The Morgan fingerprint density at radius 2 is 1.76 bits per heavy atom. The number of carbonyl (C=O) groups excluding carboxylic acids is 2. The van der Waals surface area contributed by atoms with Crippen molar-refractivity contribution < 1.29 is 26.4 Å². The maximum absolute atomic E-state index is 14.1. The summed E-state index contributed by atoms with van der Waals surface area (Å²) in [5, 5.41) is 5.63. The number of aryl methyl sites for hydroxylation is 1. The zero-order valence-electron chi connectivity index (χ0n) is 25.0. The van der Waals surface area contributed by atoms with Gasteiger partial charge in [-0.05, 0) is 79.2 Å². The highest BCUT2D eigenvalue weighted by Crippen LogP contribution is 2.66. The van der Waals surface area contributed by atoms with Gasteiger partial charge in [0.2, 0.25) is 21.8 Å². The summed E-state index contributed by atoms with van der Waals surface area (Å²) >= 11 is 0. The molecule has 42 heavy (non-hydrogen) atoms. The normalized spacial score (nSPS) is 28.9. The van der Waals surface area contributed by atoms with E-state index in [1.54, 1.807) is 4.31 Å². The van der Waals surface area contributed by atoms with E-state index in [1.807, 2.05) is 0 Å². The molecule has 2 saturated carbocycles. The number of sulfonamides is 1. The van der Waals surface area contributed by atoms with E-state index in [2.05, 4.69) is 48.7 Å². The first kappa shape index (κ1) is 31.4. The second kappa shape index (κ2) is 11.2. The van der Waals surface area contributed by atoms with Crippen LogP contribution in [-0.2, 0) is 41.3 Å². The molecule has 4 aliphatic rings. The van der Waals surface area contributed by atoms with Crippen molar-refractivity contribution in [2.75, 3.05) is 37.4 Å². The van der Waals surface area contributed by atoms with E-state index in [-0.39, 0.29) is 41.2 Å². The highest BCUT2D eigenvalue weighted by molar-refractivity contribution is 7.90. The Labute approximate surface area is 250 Å². The number of carbonyl (C=O) groups is 2. The first-order valence-corrected chi connectivity index (χ1v) is 18.8. The second-order valence-corrected chi connectivity index (χ2v) is 18.0. The first-order chi connectivity index (χ1) is 19.6. The van der Waals surface area contributed by atoms with Gasteiger partial charge in [-0.3, -0.25) is 9.59 Å². The van der Waals surface area contributed by atoms with Crippen LogP contribution in [0.3, 0.4) is 0 Å². The molecule has 4 atom stereocenters. The number of nitrogens with zero attached hydrogens (tertiary/aromatic N) is 1. The predicted octanol–water partition coefficient (Wildman–Crippen LogP) is 1.49. The second-order valence-electron chi connectivity index (χ2n) is 13.7. The number of benzene rings is 1. The fourth-order valence-electron chi connectivity index (χ4n) is 8.64. The molecule has 0 radical (unpaired) electrons. The fourth-order valence-corrected chi connectivity index (χ4v) is 11.6. The summed E-state index contributed by atoms with van der Waals surface area (Å²) in [5.74, 6) is -1.10. The lowest BCUT2D eigenvalue weighted by atomic mass is 9.69. The summed E-state index contributed by atoms with van der Waals surface area (Å²) in [6.07, 6.45) is 6.96. The summed E-state index contributed by atoms with van der Waals surface area (Å²) in [7, 11) is -7.00. The van der Waals surface area contributed by atoms with E-state index in [9.17, 15) is 26.4 Å². The average molecular weight is 623 g/mol. The number of rotatable bonds is 10. The molecule has 0 unspecified atom stereocenters. The van der Waals surface area contributed by atoms with Crippen LogP contribution in [0.5, 0.6) is 0 Å². The Hall–Kier alpha value is -2.02. The molecule has 234 valence electrons. The zero-order chi connectivity index (χ0) is 30.6. The summed E-state index contributed by atoms with van der Waals surface area (Å²) in [6, 6.07) is 7.07. The van der Waals surface area contributed by atoms with Gasteiger partial charge in [0.1, 0.15) is 15.9 Å². The quantitative estimate of drug-likeness (QED) is 0.357. The van der Waals surface area contributed by atoms with Crippen molar-refractivity contribution in [2.45, 2.75) is 82.7 Å². The molecular formula is C30H46N4O6S2. The highest BCUT2D eigenvalue weighted by atomic mass is 32.2. The number of amides is 2. The van der Waals surface area contributed by atoms with E-state index in [1.165, 1.54) is 11.1 Å². The van der Waals surface area contributed by atoms with Gasteiger partial charge in [0.15, 0.2) is 0 Å². The minimum absolute atomic E-state index is 0.0405. The molecule has 2 amide bonds. The lowest BCUT2D eigenvalue weighted by Crippen LogP contribution is -2.58. The molecule has 1 saturated heterocycles. The Balaban J connectivity index is 1.32. The number of hydrogen-bond donors (Lipinski definition) is 3. The molecule has 0 aromatic heterocycles. The van der Waals surface area contributed by atoms with Crippen molar-refractivity contribution in [3.8, 4) is 0 Å². The van der Waals surface area contributed by atoms with Crippen molar-refractivity contribution in [2.24, 2.45) is 22.5 Å². The number of piperidine rings is 1. The van der Waals surface area contributed by atoms with Crippen molar-refractivity contribution in [1.82, 2.24) is 14.9 Å². The van der Waals surface area contributed by atoms with Crippen LogP contribution in [-0.4, -0.2) is 82.4 Å². The van der Waals surface area contributed by atoms with Gasteiger partial charge in [-0.25, -0.2) is 21.1 Å². The van der Waals surface area contributed by atoms with E-state index in [0.29, 0.717) is 25.9 Å². The van der Waals surface area contributed by atoms with Crippen LogP contribution in [0.4, 0.5) is 0 Å². The largest absolute Gasteiger partial charge is 0.351 e. The monoisotopic (exact) mass is 622 g/mol. The Bertz CT molecular complexity index is 1440. The van der Waals surface area contributed by atoms with Gasteiger partial charge < -0.3 is 16.4 Å². The molecule has 1 aliphatic heterocycles. The van der Waals surface area contributed by atoms with Crippen LogP contribution in [0.2, 0.25) is 0 Å². The zero-order valence-corrected chi connectivity index (χ0v) is 26.7. The van der Waals surface area contributed by atoms with Gasteiger partial charge in [-0.1, -0.05) is 38.1 Å². The van der Waals surface area contributed by atoms with Crippen molar-refractivity contribution >= 4 is 31.7 Å². The lowest BCUT2D eigenvalue weighted by Gasteiger charge is -2.45. The Morgan fingerprint density at radius 1 is 1.07 bits per heavy atom. The summed E-state index contributed by atoms with van der Waals surface area (Å²) < 4.78 is 53.5. The molecule has 2 bridgehead atoms. The number of sulfone groups is 1. The average Bonchev–Trinajstić information content (AvgIpc) is 3.47. The van der Waals surface area contributed by atoms with E-state index < -0.39 is 49.2 Å². The Kier molecular flexibility index (Phi) is 8.35. The number of nitrogens with one attached hydrogen (secondary N) is 2. The molecule has 4 N–H and O–H groups in total. The van der Waals surface area contributed by atoms with Crippen LogP contribution in [0.15, 0.2) is 24.3 Å². The van der Waals surface area contributed by atoms with Gasteiger partial charge >= 0.3 is 0 Å². The molecule has 3 aliphatic carbocycles. The highest BCUT2D eigenvalue weighted by Gasteiger charge is 2.66. The van der Waals surface area contributed by atoms with Crippen LogP contribution in [0.1, 0.15) is 69.9 Å². The molecule has 12 heteroatoms. The summed E-state index contributed by atoms with van der Waals surface area (Å²) in [5.41, 5.74) is 7.27. The van der Waals surface area contributed by atoms with Crippen LogP contribution in [0.25, 0.3) is 0 Å². The fraction of sp³-hybridized carbons (Fsp3) is 0.733. The molecular weight excluding hydrogens is 576 g/mol. The minimum Gasteiger partial charge on any atom is -0.351 e. The molecule has 3 fully saturated rings. The van der Waals surface area contributed by atoms with Gasteiger partial charge in [0.05, 0.1) is 18.1 Å². The number of hydrogen-bond acceptors (Lipinski definition) is 7.